The lowest BCUT2D eigenvalue weighted by molar-refractivity contribution is 0.144. The molecule has 1 aliphatic rings. The molecule has 0 spiro atoms. The van der Waals surface area contributed by atoms with Crippen molar-refractivity contribution in [3.63, 3.8) is 0 Å². The molecule has 0 saturated heterocycles. The highest BCUT2D eigenvalue weighted by molar-refractivity contribution is 7.18. The minimum absolute atomic E-state index is 0.149. The van der Waals surface area contributed by atoms with Crippen LogP contribution >= 0.6 is 11.3 Å². The van der Waals surface area contributed by atoms with Crippen LogP contribution in [-0.2, 0) is 24.1 Å². The number of rotatable bonds is 9. The van der Waals surface area contributed by atoms with E-state index in [0.29, 0.717) is 12.0 Å². The molecule has 0 bridgehead atoms. The van der Waals surface area contributed by atoms with E-state index in [9.17, 15) is 4.79 Å². The van der Waals surface area contributed by atoms with Crippen molar-refractivity contribution in [2.24, 2.45) is 5.92 Å². The third-order valence-electron chi connectivity index (χ3n) is 5.09. The highest BCUT2D eigenvalue weighted by Crippen LogP contribution is 2.33. The average molecular weight is 378 g/mol. The van der Waals surface area contributed by atoms with Gasteiger partial charge in [0.05, 0.1) is 11.7 Å². The summed E-state index contributed by atoms with van der Waals surface area (Å²) in [5, 5.41) is 4.53. The molecule has 2 aromatic rings. The molecule has 6 heteroatoms. The molecule has 0 fully saturated rings. The SMILES string of the molecule is CCOCCCNC1CCc2c(sc3ncn(CCC(C)C)c(=O)c23)C1. The zero-order valence-corrected chi connectivity index (χ0v) is 17.0. The minimum atomic E-state index is 0.149. The second-order valence-electron chi connectivity index (χ2n) is 7.55. The molecular weight excluding hydrogens is 346 g/mol. The molecule has 26 heavy (non-hydrogen) atoms. The van der Waals surface area contributed by atoms with Gasteiger partial charge in [-0.1, -0.05) is 13.8 Å². The Hall–Kier alpha value is -1.24. The number of aromatic nitrogens is 2. The van der Waals surface area contributed by atoms with Gasteiger partial charge in [-0.3, -0.25) is 9.36 Å². The van der Waals surface area contributed by atoms with Crippen molar-refractivity contribution in [3.8, 4) is 0 Å². The van der Waals surface area contributed by atoms with Crippen molar-refractivity contribution in [1.29, 1.82) is 0 Å². The normalized spacial score (nSPS) is 17.2. The molecule has 144 valence electrons. The number of fused-ring (bicyclic) bond motifs is 3. The van der Waals surface area contributed by atoms with Crippen LogP contribution in [0.5, 0.6) is 0 Å². The van der Waals surface area contributed by atoms with Crippen molar-refractivity contribution in [3.05, 3.63) is 27.1 Å². The summed E-state index contributed by atoms with van der Waals surface area (Å²) in [7, 11) is 0. The van der Waals surface area contributed by atoms with Gasteiger partial charge in [-0.25, -0.2) is 4.98 Å². The lowest BCUT2D eigenvalue weighted by atomic mass is 9.93. The van der Waals surface area contributed by atoms with Crippen LogP contribution in [0.1, 0.15) is 50.5 Å². The van der Waals surface area contributed by atoms with Crippen molar-refractivity contribution in [2.75, 3.05) is 19.8 Å². The van der Waals surface area contributed by atoms with E-state index in [1.165, 1.54) is 10.4 Å². The molecule has 1 N–H and O–H groups in total. The third-order valence-corrected chi connectivity index (χ3v) is 6.25. The topological polar surface area (TPSA) is 56.1 Å². The zero-order chi connectivity index (χ0) is 18.5. The number of nitrogens with zero attached hydrogens (tertiary/aromatic N) is 2. The van der Waals surface area contributed by atoms with Crippen LogP contribution in [-0.4, -0.2) is 35.4 Å². The number of aryl methyl sites for hydroxylation is 2. The quantitative estimate of drug-likeness (QED) is 0.681. The second kappa shape index (κ2) is 9.11. The largest absolute Gasteiger partial charge is 0.382 e. The lowest BCUT2D eigenvalue weighted by Crippen LogP contribution is -2.35. The highest BCUT2D eigenvalue weighted by atomic mass is 32.1. The van der Waals surface area contributed by atoms with Gasteiger partial charge in [-0.05, 0) is 57.1 Å². The maximum Gasteiger partial charge on any atom is 0.262 e. The van der Waals surface area contributed by atoms with Gasteiger partial charge in [0.15, 0.2) is 0 Å². The summed E-state index contributed by atoms with van der Waals surface area (Å²) < 4.78 is 7.19. The van der Waals surface area contributed by atoms with E-state index in [-0.39, 0.29) is 5.56 Å². The van der Waals surface area contributed by atoms with Crippen molar-refractivity contribution in [2.45, 2.75) is 65.5 Å². The molecule has 5 nitrogen and oxygen atoms in total. The summed E-state index contributed by atoms with van der Waals surface area (Å²) in [6, 6.07) is 0.500. The Kier molecular flexibility index (Phi) is 6.84. The number of nitrogens with one attached hydrogen (secondary N) is 1. The van der Waals surface area contributed by atoms with Crippen LogP contribution in [0.4, 0.5) is 0 Å². The van der Waals surface area contributed by atoms with E-state index in [1.807, 2.05) is 6.92 Å². The van der Waals surface area contributed by atoms with Gasteiger partial charge < -0.3 is 10.1 Å². The van der Waals surface area contributed by atoms with Gasteiger partial charge in [0.2, 0.25) is 0 Å². The fourth-order valence-corrected chi connectivity index (χ4v) is 4.81. The molecule has 1 atom stereocenters. The van der Waals surface area contributed by atoms with Gasteiger partial charge in [-0.15, -0.1) is 11.3 Å². The standard InChI is InChI=1S/C20H31N3O2S/c1-4-25-11-5-9-21-15-6-7-16-17(12-15)26-19-18(16)20(24)23(13-22-19)10-8-14(2)3/h13-15,21H,4-12H2,1-3H3. The number of hydrogen-bond acceptors (Lipinski definition) is 5. The van der Waals surface area contributed by atoms with Crippen molar-refractivity contribution in [1.82, 2.24) is 14.9 Å². The summed E-state index contributed by atoms with van der Waals surface area (Å²) in [5.74, 6) is 0.587. The van der Waals surface area contributed by atoms with Gasteiger partial charge in [0, 0.05) is 30.7 Å². The monoisotopic (exact) mass is 377 g/mol. The lowest BCUT2D eigenvalue weighted by Gasteiger charge is -2.23. The van der Waals surface area contributed by atoms with Gasteiger partial charge in [0.25, 0.3) is 5.56 Å². The Balaban J connectivity index is 1.70. The highest BCUT2D eigenvalue weighted by Gasteiger charge is 2.24. The van der Waals surface area contributed by atoms with Gasteiger partial charge in [0.1, 0.15) is 4.83 Å². The van der Waals surface area contributed by atoms with Crippen LogP contribution in [0.25, 0.3) is 10.2 Å². The number of thiophene rings is 1. The molecule has 0 aliphatic heterocycles. The summed E-state index contributed by atoms with van der Waals surface area (Å²) in [6.45, 7) is 9.76. The number of ether oxygens (including phenoxy) is 1. The van der Waals surface area contributed by atoms with Crippen LogP contribution in [0.15, 0.2) is 11.1 Å². The first-order chi connectivity index (χ1) is 12.6. The Labute approximate surface area is 159 Å². The predicted molar refractivity (Wildman–Crippen MR) is 108 cm³/mol. The van der Waals surface area contributed by atoms with E-state index in [1.54, 1.807) is 22.2 Å². The van der Waals surface area contributed by atoms with E-state index in [0.717, 1.165) is 68.6 Å². The average Bonchev–Trinajstić information content (AvgIpc) is 2.99. The molecular formula is C20H31N3O2S. The summed E-state index contributed by atoms with van der Waals surface area (Å²) in [4.78, 5) is 19.8. The maximum absolute atomic E-state index is 12.9. The van der Waals surface area contributed by atoms with Gasteiger partial charge in [-0.2, -0.15) is 0 Å². The Bertz CT molecular complexity index is 781. The summed E-state index contributed by atoms with van der Waals surface area (Å²) in [6.07, 6.45) is 6.87. The summed E-state index contributed by atoms with van der Waals surface area (Å²) >= 11 is 1.71. The first-order valence-electron chi connectivity index (χ1n) is 9.91. The van der Waals surface area contributed by atoms with E-state index >= 15 is 0 Å². The Morgan fingerprint density at radius 1 is 1.46 bits per heavy atom. The molecule has 0 amide bonds. The first kappa shape index (κ1) is 19.5. The maximum atomic E-state index is 12.9. The van der Waals surface area contributed by atoms with E-state index in [4.69, 9.17) is 4.74 Å². The van der Waals surface area contributed by atoms with Gasteiger partial charge >= 0.3 is 0 Å². The fourth-order valence-electron chi connectivity index (χ4n) is 3.56. The van der Waals surface area contributed by atoms with Crippen molar-refractivity contribution >= 4 is 21.6 Å². The molecule has 0 aromatic carbocycles. The van der Waals surface area contributed by atoms with Crippen LogP contribution in [0.3, 0.4) is 0 Å². The van der Waals surface area contributed by atoms with E-state index < -0.39 is 0 Å². The molecule has 3 rings (SSSR count). The van der Waals surface area contributed by atoms with E-state index in [2.05, 4.69) is 24.1 Å². The molecule has 2 heterocycles. The third kappa shape index (κ3) is 4.53. The molecule has 1 aliphatic carbocycles. The Morgan fingerprint density at radius 2 is 2.31 bits per heavy atom. The fraction of sp³-hybridized carbons (Fsp3) is 0.700. The number of hydrogen-bond donors (Lipinski definition) is 1. The van der Waals surface area contributed by atoms with Crippen LogP contribution in [0, 0.1) is 5.92 Å². The Morgan fingerprint density at radius 3 is 3.08 bits per heavy atom. The second-order valence-corrected chi connectivity index (χ2v) is 8.64. The minimum Gasteiger partial charge on any atom is -0.382 e. The summed E-state index contributed by atoms with van der Waals surface area (Å²) in [5.41, 5.74) is 1.41. The van der Waals surface area contributed by atoms with Crippen LogP contribution < -0.4 is 10.9 Å². The predicted octanol–water partition coefficient (Wildman–Crippen LogP) is 3.38. The molecule has 0 saturated carbocycles. The first-order valence-corrected chi connectivity index (χ1v) is 10.7. The molecule has 1 unspecified atom stereocenters. The zero-order valence-electron chi connectivity index (χ0n) is 16.2. The smallest absolute Gasteiger partial charge is 0.262 e. The van der Waals surface area contributed by atoms with Crippen LogP contribution in [0.2, 0.25) is 0 Å². The molecule has 0 radical (unpaired) electrons. The van der Waals surface area contributed by atoms with Crippen molar-refractivity contribution < 1.29 is 4.74 Å². The molecule has 2 aromatic heterocycles.